The summed E-state index contributed by atoms with van der Waals surface area (Å²) < 4.78 is 0. The van der Waals surface area contributed by atoms with E-state index < -0.39 is 5.97 Å². The summed E-state index contributed by atoms with van der Waals surface area (Å²) in [6, 6.07) is 5.19. The van der Waals surface area contributed by atoms with Gasteiger partial charge in [0, 0.05) is 5.38 Å². The predicted octanol–water partition coefficient (Wildman–Crippen LogP) is 4.43. The van der Waals surface area contributed by atoms with Crippen LogP contribution in [0.5, 0.6) is 0 Å². The molecule has 0 fully saturated rings. The number of rotatable bonds is 4. The van der Waals surface area contributed by atoms with Crippen LogP contribution in [0.15, 0.2) is 29.0 Å². The highest BCUT2D eigenvalue weighted by molar-refractivity contribution is 7.08. The lowest BCUT2D eigenvalue weighted by molar-refractivity contribution is -0.136. The van der Waals surface area contributed by atoms with Gasteiger partial charge in [-0.25, -0.2) is 0 Å². The van der Waals surface area contributed by atoms with E-state index >= 15 is 0 Å². The first-order valence-corrected chi connectivity index (χ1v) is 6.75. The molecule has 0 amide bonds. The maximum absolute atomic E-state index is 10.7. The van der Waals surface area contributed by atoms with Crippen LogP contribution < -0.4 is 5.32 Å². The van der Waals surface area contributed by atoms with Gasteiger partial charge in [0.1, 0.15) is 0 Å². The molecule has 6 heteroatoms. The van der Waals surface area contributed by atoms with E-state index in [1.807, 2.05) is 5.38 Å². The van der Waals surface area contributed by atoms with Gasteiger partial charge < -0.3 is 10.4 Å². The number of anilines is 2. The molecule has 0 aliphatic rings. The molecule has 2 rings (SSSR count). The number of thiophene rings is 1. The van der Waals surface area contributed by atoms with Crippen LogP contribution in [0.25, 0.3) is 0 Å². The zero-order chi connectivity index (χ0) is 13.1. The Kier molecular flexibility index (Phi) is 4.11. The molecule has 3 nitrogen and oxygen atoms in total. The highest BCUT2D eigenvalue weighted by Gasteiger charge is 2.11. The summed E-state index contributed by atoms with van der Waals surface area (Å²) in [5.74, 6) is -0.873. The molecule has 0 saturated heterocycles. The summed E-state index contributed by atoms with van der Waals surface area (Å²) in [5.41, 5.74) is 2.02. The number of para-hydroxylation sites is 1. The normalized spacial score (nSPS) is 10.3. The number of halogens is 2. The third-order valence-electron chi connectivity index (χ3n) is 2.31. The monoisotopic (exact) mass is 301 g/mol. The van der Waals surface area contributed by atoms with Crippen molar-refractivity contribution < 1.29 is 9.90 Å². The van der Waals surface area contributed by atoms with Crippen molar-refractivity contribution in [2.24, 2.45) is 0 Å². The van der Waals surface area contributed by atoms with E-state index in [1.54, 1.807) is 23.6 Å². The minimum atomic E-state index is -0.873. The van der Waals surface area contributed by atoms with Crippen LogP contribution in [0, 0.1) is 0 Å². The average Bonchev–Trinajstić information content (AvgIpc) is 2.70. The van der Waals surface area contributed by atoms with Gasteiger partial charge in [-0.2, -0.15) is 0 Å². The second-order valence-electron chi connectivity index (χ2n) is 3.60. The quantitative estimate of drug-likeness (QED) is 0.878. The summed E-state index contributed by atoms with van der Waals surface area (Å²) in [4.78, 5) is 10.7. The van der Waals surface area contributed by atoms with Crippen molar-refractivity contribution in [2.75, 3.05) is 5.32 Å². The summed E-state index contributed by atoms with van der Waals surface area (Å²) >= 11 is 13.5. The van der Waals surface area contributed by atoms with Gasteiger partial charge in [-0.15, -0.1) is 11.3 Å². The van der Waals surface area contributed by atoms with Crippen LogP contribution in [0.2, 0.25) is 10.0 Å². The zero-order valence-electron chi connectivity index (χ0n) is 9.11. The van der Waals surface area contributed by atoms with Crippen LogP contribution in [-0.2, 0) is 11.2 Å². The SMILES string of the molecule is O=C(O)Cc1cscc1Nc1c(Cl)cccc1Cl. The molecule has 0 aliphatic heterocycles. The van der Waals surface area contributed by atoms with Crippen molar-refractivity contribution in [3.63, 3.8) is 0 Å². The molecule has 18 heavy (non-hydrogen) atoms. The van der Waals surface area contributed by atoms with Gasteiger partial charge in [-0.1, -0.05) is 29.3 Å². The van der Waals surface area contributed by atoms with Gasteiger partial charge in [0.15, 0.2) is 0 Å². The van der Waals surface area contributed by atoms with Crippen molar-refractivity contribution >= 4 is 51.9 Å². The fourth-order valence-electron chi connectivity index (χ4n) is 1.48. The Balaban J connectivity index is 2.29. The number of carboxylic acid groups (broad SMARTS) is 1. The smallest absolute Gasteiger partial charge is 0.307 e. The van der Waals surface area contributed by atoms with Crippen LogP contribution in [0.3, 0.4) is 0 Å². The summed E-state index contributed by atoms with van der Waals surface area (Å²) in [6.07, 6.45) is -0.0338. The predicted molar refractivity (Wildman–Crippen MR) is 75.4 cm³/mol. The highest BCUT2D eigenvalue weighted by atomic mass is 35.5. The molecule has 0 atom stereocenters. The number of hydrogen-bond donors (Lipinski definition) is 2. The maximum Gasteiger partial charge on any atom is 0.307 e. The van der Waals surface area contributed by atoms with Crippen molar-refractivity contribution in [1.82, 2.24) is 0 Å². The molecule has 0 radical (unpaired) electrons. The molecule has 0 spiro atoms. The Morgan fingerprint density at radius 2 is 1.94 bits per heavy atom. The number of benzene rings is 1. The van der Waals surface area contributed by atoms with E-state index in [9.17, 15) is 4.79 Å². The van der Waals surface area contributed by atoms with Gasteiger partial charge >= 0.3 is 5.97 Å². The van der Waals surface area contributed by atoms with Crippen LogP contribution in [-0.4, -0.2) is 11.1 Å². The molecule has 0 aliphatic carbocycles. The van der Waals surface area contributed by atoms with Crippen molar-refractivity contribution in [3.8, 4) is 0 Å². The van der Waals surface area contributed by atoms with E-state index in [2.05, 4.69) is 5.32 Å². The van der Waals surface area contributed by atoms with Gasteiger partial charge in [0.2, 0.25) is 0 Å². The number of hydrogen-bond acceptors (Lipinski definition) is 3. The van der Waals surface area contributed by atoms with Crippen LogP contribution in [0.4, 0.5) is 11.4 Å². The summed E-state index contributed by atoms with van der Waals surface area (Å²) in [7, 11) is 0. The maximum atomic E-state index is 10.7. The number of carboxylic acids is 1. The lowest BCUT2D eigenvalue weighted by Gasteiger charge is -2.10. The molecule has 0 saturated carbocycles. The minimum absolute atomic E-state index is 0.0338. The van der Waals surface area contributed by atoms with Crippen LogP contribution in [0.1, 0.15) is 5.56 Å². The Bertz CT molecular complexity index is 563. The Labute approximate surface area is 118 Å². The number of carbonyl (C=O) groups is 1. The van der Waals surface area contributed by atoms with Crippen molar-refractivity contribution in [1.29, 1.82) is 0 Å². The lowest BCUT2D eigenvalue weighted by atomic mass is 10.2. The summed E-state index contributed by atoms with van der Waals surface area (Å²) in [5, 5.41) is 16.5. The Hall–Kier alpha value is -1.23. The fourth-order valence-corrected chi connectivity index (χ4v) is 2.77. The standard InChI is InChI=1S/C12H9Cl2NO2S/c13-8-2-1-3-9(14)12(8)15-10-6-18-5-7(10)4-11(16)17/h1-3,5-6,15H,4H2,(H,16,17). The molecule has 1 aromatic heterocycles. The van der Waals surface area contributed by atoms with E-state index in [1.165, 1.54) is 11.3 Å². The first-order chi connectivity index (χ1) is 8.58. The van der Waals surface area contributed by atoms with Gasteiger partial charge in [-0.05, 0) is 23.1 Å². The molecular weight excluding hydrogens is 293 g/mol. The van der Waals surface area contributed by atoms with E-state index in [0.29, 0.717) is 21.3 Å². The molecule has 1 aromatic carbocycles. The first kappa shape index (κ1) is 13.2. The van der Waals surface area contributed by atoms with E-state index in [0.717, 1.165) is 5.69 Å². The molecule has 1 heterocycles. The second-order valence-corrected chi connectivity index (χ2v) is 5.16. The molecular formula is C12H9Cl2NO2S. The molecule has 0 unspecified atom stereocenters. The molecule has 0 bridgehead atoms. The average molecular weight is 302 g/mol. The van der Waals surface area contributed by atoms with Gasteiger partial charge in [0.25, 0.3) is 0 Å². The van der Waals surface area contributed by atoms with Gasteiger partial charge in [-0.3, -0.25) is 4.79 Å². The number of aliphatic carboxylic acids is 1. The molecule has 2 N–H and O–H groups in total. The highest BCUT2D eigenvalue weighted by Crippen LogP contribution is 2.34. The van der Waals surface area contributed by atoms with E-state index in [-0.39, 0.29) is 6.42 Å². The Morgan fingerprint density at radius 3 is 2.56 bits per heavy atom. The summed E-state index contributed by atoms with van der Waals surface area (Å²) in [6.45, 7) is 0. The van der Waals surface area contributed by atoms with Crippen LogP contribution >= 0.6 is 34.5 Å². The van der Waals surface area contributed by atoms with Crippen molar-refractivity contribution in [2.45, 2.75) is 6.42 Å². The fraction of sp³-hybridized carbons (Fsp3) is 0.0833. The topological polar surface area (TPSA) is 49.3 Å². The lowest BCUT2D eigenvalue weighted by Crippen LogP contribution is -2.02. The minimum Gasteiger partial charge on any atom is -0.481 e. The molecule has 94 valence electrons. The van der Waals surface area contributed by atoms with Crippen molar-refractivity contribution in [3.05, 3.63) is 44.6 Å². The first-order valence-electron chi connectivity index (χ1n) is 5.06. The van der Waals surface area contributed by atoms with Gasteiger partial charge in [0.05, 0.1) is 27.8 Å². The third kappa shape index (κ3) is 2.96. The molecule has 2 aromatic rings. The Morgan fingerprint density at radius 1 is 1.28 bits per heavy atom. The third-order valence-corrected chi connectivity index (χ3v) is 3.73. The number of nitrogens with one attached hydrogen (secondary N) is 1. The zero-order valence-corrected chi connectivity index (χ0v) is 11.4. The van der Waals surface area contributed by atoms with E-state index in [4.69, 9.17) is 28.3 Å². The largest absolute Gasteiger partial charge is 0.481 e. The second kappa shape index (κ2) is 5.61.